The number of unbranched alkanes of at least 4 members (excludes halogenated alkanes) is 3. The summed E-state index contributed by atoms with van der Waals surface area (Å²) in [4.78, 5) is 0. The third-order valence-electron chi connectivity index (χ3n) is 2.71. The first-order valence-corrected chi connectivity index (χ1v) is 6.92. The van der Waals surface area contributed by atoms with Crippen molar-refractivity contribution in [3.8, 4) is 0 Å². The number of hydrogen-bond donors (Lipinski definition) is 0. The predicted octanol–water partition coefficient (Wildman–Crippen LogP) is 3.87. The Morgan fingerprint density at radius 2 is 1.88 bits per heavy atom. The van der Waals surface area contributed by atoms with Crippen LogP contribution in [0.5, 0.6) is 0 Å². The highest BCUT2D eigenvalue weighted by Gasteiger charge is 2.21. The number of allylic oxidation sites excluding steroid dienone is 3. The summed E-state index contributed by atoms with van der Waals surface area (Å²) in [6.45, 7) is 4.71. The maximum Gasteiger partial charge on any atom is 0.104 e. The van der Waals surface area contributed by atoms with E-state index in [-0.39, 0.29) is 0 Å². The second-order valence-corrected chi connectivity index (χ2v) is 4.49. The minimum Gasteiger partial charge on any atom is -0.378 e. The molecule has 1 aliphatic heterocycles. The molecule has 0 spiro atoms. The minimum absolute atomic E-state index is 0.394. The molecule has 0 saturated carbocycles. The van der Waals surface area contributed by atoms with Gasteiger partial charge in [-0.05, 0) is 25.7 Å². The molecule has 1 unspecified atom stereocenters. The van der Waals surface area contributed by atoms with E-state index in [9.17, 15) is 0 Å². The van der Waals surface area contributed by atoms with Crippen LogP contribution in [0.3, 0.4) is 0 Å². The second-order valence-electron chi connectivity index (χ2n) is 4.49. The van der Waals surface area contributed by atoms with Gasteiger partial charge >= 0.3 is 0 Å². The van der Waals surface area contributed by atoms with Gasteiger partial charge in [-0.2, -0.15) is 0 Å². The summed E-state index contributed by atoms with van der Waals surface area (Å²) in [6, 6.07) is 0. The molecule has 0 bridgehead atoms. The maximum atomic E-state index is 5.44. The highest BCUT2D eigenvalue weighted by molar-refractivity contribution is 4.92. The monoisotopic (exact) mass is 238 g/mol. The molecule has 1 aliphatic rings. The first-order chi connectivity index (χ1) is 8.43. The lowest BCUT2D eigenvalue weighted by Gasteiger charge is -1.97. The van der Waals surface area contributed by atoms with Crippen LogP contribution in [-0.2, 0) is 9.47 Å². The molecule has 0 aromatic rings. The quantitative estimate of drug-likeness (QED) is 0.309. The molecule has 1 rings (SSSR count). The van der Waals surface area contributed by atoms with Gasteiger partial charge in [0.2, 0.25) is 0 Å². The van der Waals surface area contributed by atoms with E-state index in [0.717, 1.165) is 32.7 Å². The van der Waals surface area contributed by atoms with Gasteiger partial charge in [0.15, 0.2) is 0 Å². The smallest absolute Gasteiger partial charge is 0.104 e. The van der Waals surface area contributed by atoms with Gasteiger partial charge in [0.1, 0.15) is 6.10 Å². The van der Waals surface area contributed by atoms with Gasteiger partial charge in [-0.15, -0.1) is 0 Å². The van der Waals surface area contributed by atoms with Crippen molar-refractivity contribution >= 4 is 0 Å². The first-order valence-electron chi connectivity index (χ1n) is 6.92. The van der Waals surface area contributed by atoms with Gasteiger partial charge in [0.25, 0.3) is 0 Å². The Morgan fingerprint density at radius 1 is 1.12 bits per heavy atom. The van der Waals surface area contributed by atoms with Crippen LogP contribution in [0.1, 0.15) is 45.4 Å². The van der Waals surface area contributed by atoms with Gasteiger partial charge in [-0.1, -0.05) is 44.1 Å². The molecule has 2 nitrogen and oxygen atoms in total. The van der Waals surface area contributed by atoms with Gasteiger partial charge in [0.05, 0.1) is 19.8 Å². The zero-order valence-corrected chi connectivity index (χ0v) is 11.1. The van der Waals surface area contributed by atoms with Crippen molar-refractivity contribution < 1.29 is 9.47 Å². The molecule has 0 aromatic carbocycles. The summed E-state index contributed by atoms with van der Waals surface area (Å²) in [7, 11) is 0. The van der Waals surface area contributed by atoms with Crippen LogP contribution in [0.25, 0.3) is 0 Å². The Kier molecular flexibility index (Phi) is 8.97. The van der Waals surface area contributed by atoms with E-state index >= 15 is 0 Å². The molecule has 1 atom stereocenters. The number of hydrogen-bond acceptors (Lipinski definition) is 2. The van der Waals surface area contributed by atoms with E-state index in [4.69, 9.17) is 9.47 Å². The Bertz CT molecular complexity index is 217. The van der Waals surface area contributed by atoms with Crippen molar-refractivity contribution in [2.24, 2.45) is 0 Å². The summed E-state index contributed by atoms with van der Waals surface area (Å²) >= 11 is 0. The van der Waals surface area contributed by atoms with Crippen molar-refractivity contribution in [1.82, 2.24) is 0 Å². The Morgan fingerprint density at radius 3 is 2.59 bits per heavy atom. The van der Waals surface area contributed by atoms with Crippen LogP contribution in [0, 0.1) is 0 Å². The average Bonchev–Trinajstić information content (AvgIpc) is 3.15. The molecule has 0 aliphatic carbocycles. The predicted molar refractivity (Wildman–Crippen MR) is 72.2 cm³/mol. The Labute approximate surface area is 106 Å². The molecule has 0 radical (unpaired) electrons. The third kappa shape index (κ3) is 10.3. The van der Waals surface area contributed by atoms with Crippen molar-refractivity contribution in [3.63, 3.8) is 0 Å². The highest BCUT2D eigenvalue weighted by Crippen LogP contribution is 2.08. The van der Waals surface area contributed by atoms with E-state index in [1.54, 1.807) is 0 Å². The fourth-order valence-corrected chi connectivity index (χ4v) is 1.55. The first kappa shape index (κ1) is 14.5. The van der Waals surface area contributed by atoms with Crippen LogP contribution in [0.2, 0.25) is 0 Å². The van der Waals surface area contributed by atoms with Gasteiger partial charge in [-0.25, -0.2) is 0 Å². The minimum atomic E-state index is 0.394. The largest absolute Gasteiger partial charge is 0.378 e. The zero-order chi connectivity index (χ0) is 12.2. The average molecular weight is 238 g/mol. The van der Waals surface area contributed by atoms with E-state index in [1.165, 1.54) is 25.7 Å². The van der Waals surface area contributed by atoms with Crippen molar-refractivity contribution in [1.29, 1.82) is 0 Å². The molecule has 98 valence electrons. The van der Waals surface area contributed by atoms with Crippen LogP contribution < -0.4 is 0 Å². The molecule has 1 saturated heterocycles. The van der Waals surface area contributed by atoms with Crippen molar-refractivity contribution in [3.05, 3.63) is 24.3 Å². The summed E-state index contributed by atoms with van der Waals surface area (Å²) in [6.07, 6.45) is 16.6. The van der Waals surface area contributed by atoms with Gasteiger partial charge < -0.3 is 9.47 Å². The summed E-state index contributed by atoms with van der Waals surface area (Å²) < 4.78 is 10.5. The molecule has 0 aromatic heterocycles. The van der Waals surface area contributed by atoms with E-state index < -0.39 is 0 Å². The van der Waals surface area contributed by atoms with Crippen molar-refractivity contribution in [2.75, 3.05) is 19.8 Å². The molecule has 1 heterocycles. The second kappa shape index (κ2) is 10.5. The van der Waals surface area contributed by atoms with Crippen LogP contribution in [0.15, 0.2) is 24.3 Å². The fourth-order valence-electron chi connectivity index (χ4n) is 1.55. The Balaban J connectivity index is 1.77. The maximum absolute atomic E-state index is 5.44. The van der Waals surface area contributed by atoms with Crippen LogP contribution >= 0.6 is 0 Å². The molecule has 1 fully saturated rings. The van der Waals surface area contributed by atoms with Crippen LogP contribution in [-0.4, -0.2) is 25.9 Å². The van der Waals surface area contributed by atoms with Crippen molar-refractivity contribution in [2.45, 2.75) is 51.6 Å². The molecule has 17 heavy (non-hydrogen) atoms. The normalized spacial score (nSPS) is 19.5. The standard InChI is InChI=1S/C15H26O2/c1-2-3-4-5-6-7-8-9-10-11-12-16-13-15-14-17-15/h6-7,9-10,15H,2-5,8,11-14H2,1H3. The molecule has 0 amide bonds. The highest BCUT2D eigenvalue weighted by atomic mass is 16.6. The zero-order valence-electron chi connectivity index (χ0n) is 11.1. The van der Waals surface area contributed by atoms with E-state index in [2.05, 4.69) is 31.2 Å². The topological polar surface area (TPSA) is 21.8 Å². The SMILES string of the molecule is CCCCCC=CCC=CCCOCC1CO1. The number of ether oxygens (including phenoxy) is 2. The lowest BCUT2D eigenvalue weighted by molar-refractivity contribution is 0.120. The van der Waals surface area contributed by atoms with E-state index in [1.807, 2.05) is 0 Å². The summed E-state index contributed by atoms with van der Waals surface area (Å²) in [5, 5.41) is 0. The fraction of sp³-hybridized carbons (Fsp3) is 0.733. The molecular weight excluding hydrogens is 212 g/mol. The number of rotatable bonds is 11. The van der Waals surface area contributed by atoms with Gasteiger partial charge in [0, 0.05) is 0 Å². The van der Waals surface area contributed by atoms with E-state index in [0.29, 0.717) is 6.10 Å². The third-order valence-corrected chi connectivity index (χ3v) is 2.71. The summed E-state index contributed by atoms with van der Waals surface area (Å²) in [5.74, 6) is 0. The summed E-state index contributed by atoms with van der Waals surface area (Å²) in [5.41, 5.74) is 0. The Hall–Kier alpha value is -0.600. The molecule has 0 N–H and O–H groups in total. The van der Waals surface area contributed by atoms with Gasteiger partial charge in [-0.3, -0.25) is 0 Å². The lowest BCUT2D eigenvalue weighted by atomic mass is 10.2. The lowest BCUT2D eigenvalue weighted by Crippen LogP contribution is -2.01. The molecule has 2 heteroatoms. The van der Waals surface area contributed by atoms with Crippen LogP contribution in [0.4, 0.5) is 0 Å². The molecular formula is C15H26O2. The number of epoxide rings is 1.